The summed E-state index contributed by atoms with van der Waals surface area (Å²) in [6.07, 6.45) is 11.8. The maximum Gasteiger partial charge on any atom is 0.138 e. The Kier molecular flexibility index (Phi) is 3.69. The quantitative estimate of drug-likeness (QED) is 0.853. The van der Waals surface area contributed by atoms with E-state index in [9.17, 15) is 4.79 Å². The second-order valence-corrected chi connectivity index (χ2v) is 7.14. The molecule has 1 saturated heterocycles. The largest absolute Gasteiger partial charge is 0.375 e. The van der Waals surface area contributed by atoms with Gasteiger partial charge in [-0.05, 0) is 44.9 Å². The van der Waals surface area contributed by atoms with Crippen molar-refractivity contribution in [2.75, 3.05) is 6.61 Å². The van der Waals surface area contributed by atoms with Crippen molar-refractivity contribution in [3.63, 3.8) is 0 Å². The topological polar surface area (TPSA) is 52.3 Å². The van der Waals surface area contributed by atoms with Gasteiger partial charge in [0.1, 0.15) is 5.78 Å². The van der Waals surface area contributed by atoms with Gasteiger partial charge in [-0.2, -0.15) is 0 Å². The molecule has 0 radical (unpaired) electrons. The minimum absolute atomic E-state index is 0.0763. The summed E-state index contributed by atoms with van der Waals surface area (Å²) in [5.41, 5.74) is 6.31. The van der Waals surface area contributed by atoms with E-state index < -0.39 is 0 Å². The van der Waals surface area contributed by atoms with Crippen molar-refractivity contribution < 1.29 is 9.53 Å². The SMILES string of the molecule is NC1(CC(=O)C2CCOC3(CCC3)C2)CCCCC1. The lowest BCUT2D eigenvalue weighted by Gasteiger charge is -2.47. The minimum atomic E-state index is -0.194. The Hall–Kier alpha value is -0.410. The highest BCUT2D eigenvalue weighted by molar-refractivity contribution is 5.82. The third-order valence-corrected chi connectivity index (χ3v) is 5.59. The summed E-state index contributed by atoms with van der Waals surface area (Å²) in [5, 5.41) is 0. The first-order valence-electron chi connectivity index (χ1n) is 8.07. The van der Waals surface area contributed by atoms with E-state index in [1.807, 2.05) is 0 Å². The molecule has 0 aromatic carbocycles. The molecule has 19 heavy (non-hydrogen) atoms. The summed E-state index contributed by atoms with van der Waals surface area (Å²) in [4.78, 5) is 12.6. The van der Waals surface area contributed by atoms with E-state index in [0.29, 0.717) is 12.2 Å². The summed E-state index contributed by atoms with van der Waals surface area (Å²) in [7, 11) is 0. The van der Waals surface area contributed by atoms with Crippen LogP contribution in [0.25, 0.3) is 0 Å². The van der Waals surface area contributed by atoms with E-state index in [1.165, 1.54) is 25.7 Å². The molecule has 3 nitrogen and oxygen atoms in total. The van der Waals surface area contributed by atoms with Crippen LogP contribution in [-0.2, 0) is 9.53 Å². The molecule has 2 saturated carbocycles. The Morgan fingerprint density at radius 1 is 1.11 bits per heavy atom. The molecule has 0 aromatic rings. The lowest BCUT2D eigenvalue weighted by Crippen LogP contribution is -2.49. The monoisotopic (exact) mass is 265 g/mol. The van der Waals surface area contributed by atoms with Crippen LogP contribution in [0.5, 0.6) is 0 Å². The van der Waals surface area contributed by atoms with Crippen LogP contribution in [0, 0.1) is 5.92 Å². The fraction of sp³-hybridized carbons (Fsp3) is 0.938. The van der Waals surface area contributed by atoms with Gasteiger partial charge < -0.3 is 10.5 Å². The smallest absolute Gasteiger partial charge is 0.138 e. The predicted molar refractivity (Wildman–Crippen MR) is 74.9 cm³/mol. The molecule has 0 aromatic heterocycles. The first-order valence-corrected chi connectivity index (χ1v) is 8.07. The third kappa shape index (κ3) is 2.87. The molecule has 3 fully saturated rings. The van der Waals surface area contributed by atoms with Crippen molar-refractivity contribution in [2.45, 2.75) is 81.8 Å². The first kappa shape index (κ1) is 13.6. The minimum Gasteiger partial charge on any atom is -0.375 e. The van der Waals surface area contributed by atoms with E-state index in [-0.39, 0.29) is 17.1 Å². The second-order valence-electron chi connectivity index (χ2n) is 7.14. The van der Waals surface area contributed by atoms with Gasteiger partial charge >= 0.3 is 0 Å². The van der Waals surface area contributed by atoms with Gasteiger partial charge in [-0.3, -0.25) is 4.79 Å². The van der Waals surface area contributed by atoms with E-state index in [0.717, 1.165) is 45.1 Å². The molecule has 3 heteroatoms. The molecular formula is C16H27NO2. The van der Waals surface area contributed by atoms with Crippen molar-refractivity contribution in [1.29, 1.82) is 0 Å². The number of nitrogens with two attached hydrogens (primary N) is 1. The number of hydrogen-bond acceptors (Lipinski definition) is 3. The van der Waals surface area contributed by atoms with Gasteiger partial charge in [-0.15, -0.1) is 0 Å². The lowest BCUT2D eigenvalue weighted by molar-refractivity contribution is -0.156. The molecular weight excluding hydrogens is 238 g/mol. The average molecular weight is 265 g/mol. The number of ether oxygens (including phenoxy) is 1. The van der Waals surface area contributed by atoms with Gasteiger partial charge in [0.2, 0.25) is 0 Å². The van der Waals surface area contributed by atoms with Crippen LogP contribution >= 0.6 is 0 Å². The normalized spacial score (nSPS) is 32.8. The maximum atomic E-state index is 12.6. The molecule has 3 rings (SSSR count). The summed E-state index contributed by atoms with van der Waals surface area (Å²) in [6, 6.07) is 0. The molecule has 1 unspecified atom stereocenters. The van der Waals surface area contributed by atoms with Crippen LogP contribution in [0.2, 0.25) is 0 Å². The zero-order valence-electron chi connectivity index (χ0n) is 12.0. The van der Waals surface area contributed by atoms with Crippen LogP contribution in [-0.4, -0.2) is 23.5 Å². The van der Waals surface area contributed by atoms with Gasteiger partial charge in [0.25, 0.3) is 0 Å². The van der Waals surface area contributed by atoms with Crippen molar-refractivity contribution in [1.82, 2.24) is 0 Å². The lowest BCUT2D eigenvalue weighted by atomic mass is 9.69. The van der Waals surface area contributed by atoms with E-state index in [2.05, 4.69) is 0 Å². The summed E-state index contributed by atoms with van der Waals surface area (Å²) in [6.45, 7) is 0.772. The second kappa shape index (κ2) is 5.17. The highest BCUT2D eigenvalue weighted by atomic mass is 16.5. The van der Waals surface area contributed by atoms with Crippen molar-refractivity contribution in [3.05, 3.63) is 0 Å². The average Bonchev–Trinajstić information content (AvgIpc) is 2.37. The zero-order chi connectivity index (χ0) is 13.3. The summed E-state index contributed by atoms with van der Waals surface area (Å²) < 4.78 is 5.91. The molecule has 3 aliphatic rings. The molecule has 108 valence electrons. The molecule has 1 atom stereocenters. The number of rotatable bonds is 3. The molecule has 2 N–H and O–H groups in total. The summed E-state index contributed by atoms with van der Waals surface area (Å²) in [5.74, 6) is 0.635. The number of ketones is 1. The Morgan fingerprint density at radius 3 is 2.47 bits per heavy atom. The fourth-order valence-electron chi connectivity index (χ4n) is 4.15. The van der Waals surface area contributed by atoms with Gasteiger partial charge in [0.05, 0.1) is 5.60 Å². The number of carbonyl (C=O) groups excluding carboxylic acids is 1. The maximum absolute atomic E-state index is 12.6. The van der Waals surface area contributed by atoms with E-state index in [4.69, 9.17) is 10.5 Å². The van der Waals surface area contributed by atoms with Crippen molar-refractivity contribution in [2.24, 2.45) is 11.7 Å². The van der Waals surface area contributed by atoms with Crippen LogP contribution in [0.1, 0.15) is 70.6 Å². The molecule has 1 heterocycles. The Bertz CT molecular complexity index is 343. The fourth-order valence-corrected chi connectivity index (χ4v) is 4.15. The zero-order valence-corrected chi connectivity index (χ0v) is 12.0. The van der Waals surface area contributed by atoms with Gasteiger partial charge in [0.15, 0.2) is 0 Å². The predicted octanol–water partition coefficient (Wildman–Crippen LogP) is 2.96. The van der Waals surface area contributed by atoms with E-state index >= 15 is 0 Å². The van der Waals surface area contributed by atoms with E-state index in [1.54, 1.807) is 0 Å². The Labute approximate surface area is 116 Å². The molecule has 1 spiro atoms. The standard InChI is InChI=1S/C16H27NO2/c17-15(6-2-1-3-7-15)12-14(18)13-5-10-19-16(11-13)8-4-9-16/h13H,1-12,17H2. The van der Waals surface area contributed by atoms with Crippen LogP contribution in [0.15, 0.2) is 0 Å². The highest BCUT2D eigenvalue weighted by Gasteiger charge is 2.45. The van der Waals surface area contributed by atoms with Gasteiger partial charge in [0, 0.05) is 24.5 Å². The third-order valence-electron chi connectivity index (χ3n) is 5.59. The Balaban J connectivity index is 1.57. The van der Waals surface area contributed by atoms with Gasteiger partial charge in [-0.1, -0.05) is 19.3 Å². The molecule has 0 amide bonds. The summed E-state index contributed by atoms with van der Waals surface area (Å²) >= 11 is 0. The van der Waals surface area contributed by atoms with Gasteiger partial charge in [-0.25, -0.2) is 0 Å². The van der Waals surface area contributed by atoms with Crippen LogP contribution in [0.3, 0.4) is 0 Å². The highest BCUT2D eigenvalue weighted by Crippen LogP contribution is 2.45. The first-order chi connectivity index (χ1) is 9.11. The Morgan fingerprint density at radius 2 is 1.84 bits per heavy atom. The number of Topliss-reactive ketones (excluding diaryl/α,β-unsaturated/α-hetero) is 1. The number of carbonyl (C=O) groups is 1. The van der Waals surface area contributed by atoms with Crippen molar-refractivity contribution in [3.8, 4) is 0 Å². The molecule has 0 bridgehead atoms. The van der Waals surface area contributed by atoms with Crippen molar-refractivity contribution >= 4 is 5.78 Å². The molecule has 1 aliphatic heterocycles. The number of hydrogen-bond donors (Lipinski definition) is 1. The molecule has 2 aliphatic carbocycles. The van der Waals surface area contributed by atoms with Crippen LogP contribution in [0.4, 0.5) is 0 Å². The van der Waals surface area contributed by atoms with Crippen LogP contribution < -0.4 is 5.73 Å².